The van der Waals surface area contributed by atoms with Gasteiger partial charge in [0, 0.05) is 20.6 Å². The molecule has 4 N–H and O–H groups in total. The molecular weight excluding hydrogens is 1290 g/mol. The lowest BCUT2D eigenvalue weighted by molar-refractivity contribution is -0.153. The van der Waals surface area contributed by atoms with E-state index in [4.69, 9.17) is 66.7 Å². The maximum atomic E-state index is 12.7. The Balaban J connectivity index is 0.000000265. The second-order valence-corrected chi connectivity index (χ2v) is 33.6. The third-order valence-electron chi connectivity index (χ3n) is 25.6. The van der Waals surface area contributed by atoms with Gasteiger partial charge in [0.1, 0.15) is 6.10 Å². The number of ether oxygens (including phenoxy) is 13. The summed E-state index contributed by atoms with van der Waals surface area (Å²) in [6.07, 6.45) is 31.5. The number of rotatable bonds is 47. The molecule has 101 heavy (non-hydrogen) atoms. The van der Waals surface area contributed by atoms with Crippen LogP contribution in [-0.4, -0.2) is 215 Å². The summed E-state index contributed by atoms with van der Waals surface area (Å²) < 4.78 is 69.4. The van der Waals surface area contributed by atoms with Crippen LogP contribution in [0.25, 0.3) is 0 Å². The van der Waals surface area contributed by atoms with E-state index in [-0.39, 0.29) is 43.0 Å². The number of esters is 1. The molecule has 0 aromatic carbocycles. The van der Waals surface area contributed by atoms with Crippen molar-refractivity contribution in [1.82, 2.24) is 0 Å². The maximum absolute atomic E-state index is 12.7. The summed E-state index contributed by atoms with van der Waals surface area (Å²) in [5.41, 5.74) is 3.64. The molecule has 19 heteroatoms. The predicted molar refractivity (Wildman–Crippen MR) is 394 cm³/mol. The molecule has 0 spiro atoms. The Labute approximate surface area is 611 Å². The SMILES string of the molecule is COCCOCCOCCOCCOCCOCCC(=O)O.COCCOCCOCCOCCOCCOCCC(=O)O[C@H]1CC[C@@]2(C)C(=CC[C@H]3[C@@H]4CC[C@H]([C@H](C)CCCC(C)(C)O)[C@@]4(C)CC[C@@H]32)C1.C[C@H](CCCC(C)(C)O)[C@H]1CC[C@H]2[C@@H]3CC=C4C[C@@H](O)CC[C@]4(C)[C@H]3CC[C@]12C. The van der Waals surface area contributed by atoms with E-state index in [1.54, 1.807) is 25.4 Å². The van der Waals surface area contributed by atoms with Crippen LogP contribution in [0.15, 0.2) is 23.3 Å². The van der Waals surface area contributed by atoms with Gasteiger partial charge in [-0.15, -0.1) is 0 Å². The Kier molecular flexibility index (Phi) is 39.0. The van der Waals surface area contributed by atoms with E-state index in [0.29, 0.717) is 155 Å². The van der Waals surface area contributed by atoms with Crippen LogP contribution < -0.4 is 0 Å². The van der Waals surface area contributed by atoms with Crippen LogP contribution in [0, 0.1) is 80.8 Å². The number of carboxylic acid groups (broad SMARTS) is 1. The molecule has 0 saturated heterocycles. The van der Waals surface area contributed by atoms with E-state index >= 15 is 0 Å². The van der Waals surface area contributed by atoms with Gasteiger partial charge in [0.05, 0.1) is 175 Å². The normalized spacial score (nSPS) is 31.1. The number of aliphatic carboxylic acids is 1. The molecule has 8 aliphatic rings. The van der Waals surface area contributed by atoms with Crippen LogP contribution in [-0.2, 0) is 71.2 Å². The minimum atomic E-state index is -0.863. The Morgan fingerprint density at radius 2 is 0.802 bits per heavy atom. The van der Waals surface area contributed by atoms with Gasteiger partial charge < -0.3 is 82.0 Å². The zero-order valence-corrected chi connectivity index (χ0v) is 65.5. The zero-order chi connectivity index (χ0) is 73.4. The number of allylic oxidation sites excluding steroid dienone is 2. The number of aliphatic hydroxyl groups excluding tert-OH is 1. The molecular formula is C82H146O19. The number of carboxylic acids is 1. The van der Waals surface area contributed by atoms with Crippen LogP contribution in [0.3, 0.4) is 0 Å². The van der Waals surface area contributed by atoms with Gasteiger partial charge in [0.15, 0.2) is 0 Å². The maximum Gasteiger partial charge on any atom is 0.308 e. The first-order chi connectivity index (χ1) is 48.3. The van der Waals surface area contributed by atoms with Crippen molar-refractivity contribution in [3.63, 3.8) is 0 Å². The second kappa shape index (κ2) is 45.0. The lowest BCUT2D eigenvalue weighted by Gasteiger charge is -2.58. The van der Waals surface area contributed by atoms with Gasteiger partial charge in [-0.3, -0.25) is 9.59 Å². The number of aliphatic hydroxyl groups is 3. The molecule has 8 rings (SSSR count). The zero-order valence-electron chi connectivity index (χ0n) is 65.5. The average molecular weight is 1440 g/mol. The summed E-state index contributed by atoms with van der Waals surface area (Å²) in [4.78, 5) is 22.9. The highest BCUT2D eigenvalue weighted by atomic mass is 16.6. The summed E-state index contributed by atoms with van der Waals surface area (Å²) in [6.45, 7) is 33.9. The monoisotopic (exact) mass is 1440 g/mol. The fourth-order valence-corrected chi connectivity index (χ4v) is 20.2. The van der Waals surface area contributed by atoms with Gasteiger partial charge in [0.2, 0.25) is 0 Å². The lowest BCUT2D eigenvalue weighted by atomic mass is 9.47. The van der Waals surface area contributed by atoms with Gasteiger partial charge >= 0.3 is 11.9 Å². The molecule has 6 fully saturated rings. The van der Waals surface area contributed by atoms with Crippen LogP contribution in [0.1, 0.15) is 223 Å². The van der Waals surface area contributed by atoms with Gasteiger partial charge in [-0.05, 0) is 218 Å². The minimum absolute atomic E-state index is 0.0144. The largest absolute Gasteiger partial charge is 0.481 e. The van der Waals surface area contributed by atoms with Crippen LogP contribution in [0.5, 0.6) is 0 Å². The van der Waals surface area contributed by atoms with Crippen molar-refractivity contribution in [1.29, 1.82) is 0 Å². The molecule has 16 atom stereocenters. The molecule has 8 aliphatic carbocycles. The highest BCUT2D eigenvalue weighted by molar-refractivity contribution is 5.69. The molecule has 0 aromatic rings. The van der Waals surface area contributed by atoms with E-state index in [0.717, 1.165) is 117 Å². The van der Waals surface area contributed by atoms with Crippen molar-refractivity contribution >= 4 is 11.9 Å². The molecule has 0 aromatic heterocycles. The Morgan fingerprint density at radius 3 is 1.17 bits per heavy atom. The van der Waals surface area contributed by atoms with E-state index < -0.39 is 17.2 Å². The van der Waals surface area contributed by atoms with Crippen molar-refractivity contribution in [3.8, 4) is 0 Å². The van der Waals surface area contributed by atoms with E-state index in [1.165, 1.54) is 83.5 Å². The number of carbonyl (C=O) groups is 2. The lowest BCUT2D eigenvalue weighted by Crippen LogP contribution is -2.51. The van der Waals surface area contributed by atoms with Gasteiger partial charge in [-0.1, -0.05) is 90.5 Å². The molecule has 6 saturated carbocycles. The second-order valence-electron chi connectivity index (χ2n) is 33.6. The predicted octanol–water partition coefficient (Wildman–Crippen LogP) is 13.9. The molecule has 0 aliphatic heterocycles. The molecule has 0 unspecified atom stereocenters. The number of hydrogen-bond acceptors (Lipinski definition) is 18. The van der Waals surface area contributed by atoms with E-state index in [9.17, 15) is 24.9 Å². The van der Waals surface area contributed by atoms with Crippen LogP contribution in [0.4, 0.5) is 0 Å². The highest BCUT2D eigenvalue weighted by Gasteiger charge is 2.61. The Morgan fingerprint density at radius 1 is 0.455 bits per heavy atom. The van der Waals surface area contributed by atoms with Gasteiger partial charge in [-0.2, -0.15) is 0 Å². The third kappa shape index (κ3) is 28.4. The van der Waals surface area contributed by atoms with Crippen LogP contribution in [0.2, 0.25) is 0 Å². The minimum Gasteiger partial charge on any atom is -0.481 e. The number of hydrogen-bond donors (Lipinski definition) is 4. The molecule has 0 heterocycles. The summed E-state index contributed by atoms with van der Waals surface area (Å²) >= 11 is 0. The summed E-state index contributed by atoms with van der Waals surface area (Å²) in [7, 11) is 3.28. The number of methoxy groups -OCH3 is 2. The topological polar surface area (TPSA) is 235 Å². The van der Waals surface area contributed by atoms with Gasteiger partial charge in [0.25, 0.3) is 0 Å². The Bertz CT molecular complexity index is 2360. The average Bonchev–Trinajstić information content (AvgIpc) is 1.70. The molecule has 0 bridgehead atoms. The van der Waals surface area contributed by atoms with E-state index in [2.05, 4.69) is 53.7 Å². The summed E-state index contributed by atoms with van der Waals surface area (Å²) in [5, 5.41) is 38.9. The van der Waals surface area contributed by atoms with E-state index in [1.807, 2.05) is 27.7 Å². The first-order valence-corrected chi connectivity index (χ1v) is 40.0. The highest BCUT2D eigenvalue weighted by Crippen LogP contribution is 2.69. The first kappa shape index (κ1) is 87.7. The Hall–Kier alpha value is -2.18. The fraction of sp³-hybridized carbons (Fsp3) is 0.927. The summed E-state index contributed by atoms with van der Waals surface area (Å²) in [5.74, 6) is 7.10. The van der Waals surface area contributed by atoms with Crippen molar-refractivity contribution in [2.45, 2.75) is 247 Å². The quantitative estimate of drug-likeness (QED) is 0.0252. The van der Waals surface area contributed by atoms with Gasteiger partial charge in [-0.25, -0.2) is 0 Å². The van der Waals surface area contributed by atoms with Crippen molar-refractivity contribution in [3.05, 3.63) is 23.3 Å². The van der Waals surface area contributed by atoms with Crippen molar-refractivity contribution in [2.24, 2.45) is 80.8 Å². The third-order valence-corrected chi connectivity index (χ3v) is 25.6. The molecule has 588 valence electrons. The fourth-order valence-electron chi connectivity index (χ4n) is 20.2. The summed E-state index contributed by atoms with van der Waals surface area (Å²) in [6, 6.07) is 0. The number of carbonyl (C=O) groups excluding carboxylic acids is 1. The van der Waals surface area contributed by atoms with Crippen molar-refractivity contribution in [2.75, 3.05) is 160 Å². The number of fused-ring (bicyclic) bond motifs is 10. The first-order valence-electron chi connectivity index (χ1n) is 40.0. The van der Waals surface area contributed by atoms with Crippen molar-refractivity contribution < 1.29 is 91.6 Å². The standard InChI is InChI=1S/C41H72O9.C27H46O2.C14H28O8/c1-31(8-7-16-39(2,3)43)35-11-12-36-34-10-9-32-30-33(13-17-40(32,4)37(34)14-18-41(35,36)5)50-38(42)15-19-45-22-23-47-26-27-49-29-28-48-25-24-46-21-20-44-6;1-18(7-6-14-25(2,3)29)22-10-11-23-21-9-8-19-17-20(28)12-15-26(19,4)24(21)13-16-27(22,23)5;1-17-4-5-19-8-9-21-12-13-22-11-10-20-7-6-18-3-2-14(15)16/h9,31,33-37,43H,7-8,10-30H2,1-6H3;8,18,20-24,28-29H,6-7,9-17H2,1-5H3;2-13H2,1H3,(H,15,16)/t31-,33+,34+,35-,36+,37+,40+,41-;18-,20+,21+,22-,23+,24+,26+,27-;/m11./s1. The smallest absolute Gasteiger partial charge is 0.308 e. The molecule has 0 radical (unpaired) electrons. The molecule has 0 amide bonds. The van der Waals surface area contributed by atoms with Crippen LogP contribution >= 0.6 is 0 Å². The molecule has 19 nitrogen and oxygen atoms in total.